The number of halogens is 5. The number of ketones is 1. The number of H-pyrrole nitrogens is 1. The van der Waals surface area contributed by atoms with Crippen molar-refractivity contribution in [1.29, 1.82) is 0 Å². The third kappa shape index (κ3) is 4.23. The standard InChI is InChI=1S/C17H9F5N4O3S/c1-23-8-4-9-10(6-25-16(9)24-5-8)15(27)13-11(18)2-3-12(14(13)19)26-30(28,29)7-17(20,21)22/h2-6,26H,7H2,(H,24,25). The van der Waals surface area contributed by atoms with E-state index >= 15 is 0 Å². The fourth-order valence-corrected chi connectivity index (χ4v) is 3.63. The Morgan fingerprint density at radius 2 is 1.97 bits per heavy atom. The van der Waals surface area contributed by atoms with Gasteiger partial charge in [-0.3, -0.25) is 14.5 Å². The highest BCUT2D eigenvalue weighted by molar-refractivity contribution is 7.92. The van der Waals surface area contributed by atoms with E-state index in [-0.39, 0.29) is 22.3 Å². The van der Waals surface area contributed by atoms with Gasteiger partial charge in [-0.15, -0.1) is 0 Å². The van der Waals surface area contributed by atoms with Crippen LogP contribution in [0, 0.1) is 18.2 Å². The lowest BCUT2D eigenvalue weighted by Crippen LogP contribution is -2.28. The molecule has 0 aliphatic heterocycles. The quantitative estimate of drug-likeness (QED) is 0.354. The summed E-state index contributed by atoms with van der Waals surface area (Å²) in [6.45, 7) is 6.98. The van der Waals surface area contributed by atoms with Crippen LogP contribution in [-0.2, 0) is 10.0 Å². The van der Waals surface area contributed by atoms with Crippen molar-refractivity contribution in [2.24, 2.45) is 0 Å². The molecule has 156 valence electrons. The Balaban J connectivity index is 2.06. The number of nitrogens with zero attached hydrogens (tertiary/aromatic N) is 2. The van der Waals surface area contributed by atoms with E-state index in [1.165, 1.54) is 17.0 Å². The van der Waals surface area contributed by atoms with Crippen LogP contribution in [0.4, 0.5) is 33.3 Å². The Kier molecular flexibility index (Phi) is 5.21. The van der Waals surface area contributed by atoms with Crippen LogP contribution in [0.5, 0.6) is 0 Å². The lowest BCUT2D eigenvalue weighted by atomic mass is 10.0. The van der Waals surface area contributed by atoms with E-state index in [2.05, 4.69) is 14.8 Å². The summed E-state index contributed by atoms with van der Waals surface area (Å²) in [7, 11) is -5.07. The van der Waals surface area contributed by atoms with E-state index in [4.69, 9.17) is 6.57 Å². The minimum Gasteiger partial charge on any atom is -0.345 e. The summed E-state index contributed by atoms with van der Waals surface area (Å²) >= 11 is 0. The molecule has 7 nitrogen and oxygen atoms in total. The molecular formula is C17H9F5N4O3S. The lowest BCUT2D eigenvalue weighted by molar-refractivity contribution is -0.106. The molecule has 0 saturated heterocycles. The van der Waals surface area contributed by atoms with E-state index < -0.39 is 50.6 Å². The molecule has 1 aromatic carbocycles. The molecule has 0 radical (unpaired) electrons. The molecule has 0 unspecified atom stereocenters. The average Bonchev–Trinajstić information content (AvgIpc) is 3.05. The van der Waals surface area contributed by atoms with Gasteiger partial charge in [0.1, 0.15) is 11.5 Å². The first-order valence-corrected chi connectivity index (χ1v) is 9.51. The number of rotatable bonds is 5. The Hall–Kier alpha value is -3.53. The summed E-state index contributed by atoms with van der Waals surface area (Å²) in [5, 5.41) is 0.0790. The maximum absolute atomic E-state index is 14.7. The molecule has 3 aromatic rings. The molecule has 0 amide bonds. The molecule has 2 aromatic heterocycles. The van der Waals surface area contributed by atoms with Crippen LogP contribution in [0.1, 0.15) is 15.9 Å². The highest BCUT2D eigenvalue weighted by Crippen LogP contribution is 2.29. The molecular weight excluding hydrogens is 435 g/mol. The molecule has 0 spiro atoms. The fourth-order valence-electron chi connectivity index (χ4n) is 2.63. The predicted octanol–water partition coefficient (Wildman–Crippen LogP) is 3.93. The molecule has 3 rings (SSSR count). The normalized spacial score (nSPS) is 12.0. The number of nitrogens with one attached hydrogen (secondary N) is 2. The van der Waals surface area contributed by atoms with Gasteiger partial charge in [0, 0.05) is 23.3 Å². The van der Waals surface area contributed by atoms with Crippen LogP contribution in [0.3, 0.4) is 0 Å². The smallest absolute Gasteiger partial charge is 0.345 e. The van der Waals surface area contributed by atoms with Gasteiger partial charge in [0.05, 0.1) is 17.8 Å². The van der Waals surface area contributed by atoms with Crippen molar-refractivity contribution in [2.45, 2.75) is 6.18 Å². The van der Waals surface area contributed by atoms with E-state index in [1.54, 1.807) is 0 Å². The second-order valence-corrected chi connectivity index (χ2v) is 7.72. The number of carbonyl (C=O) groups excluding carboxylic acids is 1. The van der Waals surface area contributed by atoms with Crippen molar-refractivity contribution in [3.63, 3.8) is 0 Å². The number of aromatic amines is 1. The highest BCUT2D eigenvalue weighted by Gasteiger charge is 2.36. The average molecular weight is 444 g/mol. The van der Waals surface area contributed by atoms with Crippen LogP contribution in [0.25, 0.3) is 15.9 Å². The van der Waals surface area contributed by atoms with E-state index in [1.807, 2.05) is 0 Å². The Labute approximate surface area is 165 Å². The van der Waals surface area contributed by atoms with Gasteiger partial charge in [0.25, 0.3) is 0 Å². The Morgan fingerprint density at radius 3 is 2.60 bits per heavy atom. The number of carbonyl (C=O) groups is 1. The lowest BCUT2D eigenvalue weighted by Gasteiger charge is -2.13. The van der Waals surface area contributed by atoms with Gasteiger partial charge >= 0.3 is 6.18 Å². The Morgan fingerprint density at radius 1 is 1.27 bits per heavy atom. The van der Waals surface area contributed by atoms with E-state index in [0.29, 0.717) is 12.1 Å². The molecule has 0 aliphatic rings. The topological polar surface area (TPSA) is 96.3 Å². The minimum atomic E-state index is -5.10. The second-order valence-electron chi connectivity index (χ2n) is 5.99. The molecule has 0 fully saturated rings. The molecule has 0 bridgehead atoms. The van der Waals surface area contributed by atoms with Crippen molar-refractivity contribution < 1.29 is 35.2 Å². The summed E-state index contributed by atoms with van der Waals surface area (Å²) in [5.74, 6) is -6.57. The number of aromatic nitrogens is 2. The zero-order valence-corrected chi connectivity index (χ0v) is 15.3. The minimum absolute atomic E-state index is 0.0470. The van der Waals surface area contributed by atoms with Crippen molar-refractivity contribution in [3.05, 3.63) is 64.8 Å². The van der Waals surface area contributed by atoms with Crippen LogP contribution in [0.15, 0.2) is 30.6 Å². The SMILES string of the molecule is [C-]#[N+]c1cnc2[nH]cc(C(=O)c3c(F)ccc(NS(=O)(=O)CC(F)(F)F)c3F)c2c1. The largest absolute Gasteiger partial charge is 0.404 e. The third-order valence-corrected chi connectivity index (χ3v) is 5.07. The Bertz CT molecular complexity index is 1310. The molecule has 0 saturated carbocycles. The van der Waals surface area contributed by atoms with Gasteiger partial charge in [-0.2, -0.15) is 13.2 Å². The number of alkyl halides is 3. The van der Waals surface area contributed by atoms with Gasteiger partial charge in [-0.05, 0) is 18.2 Å². The summed E-state index contributed by atoms with van der Waals surface area (Å²) < 4.78 is 90.6. The van der Waals surface area contributed by atoms with Gasteiger partial charge in [-0.25, -0.2) is 22.0 Å². The number of hydrogen-bond acceptors (Lipinski definition) is 4. The van der Waals surface area contributed by atoms with Crippen molar-refractivity contribution in [1.82, 2.24) is 9.97 Å². The molecule has 0 atom stereocenters. The molecule has 2 N–H and O–H groups in total. The molecule has 0 aliphatic carbocycles. The highest BCUT2D eigenvalue weighted by atomic mass is 32.2. The summed E-state index contributed by atoms with van der Waals surface area (Å²) in [4.78, 5) is 22.4. The van der Waals surface area contributed by atoms with Crippen molar-refractivity contribution in [2.75, 3.05) is 10.5 Å². The van der Waals surface area contributed by atoms with Crippen LogP contribution in [-0.4, -0.2) is 36.1 Å². The number of fused-ring (bicyclic) bond motifs is 1. The summed E-state index contributed by atoms with van der Waals surface area (Å²) in [6, 6.07) is 2.35. The third-order valence-electron chi connectivity index (χ3n) is 3.83. The first kappa shape index (κ1) is 21.2. The maximum atomic E-state index is 14.7. The monoisotopic (exact) mass is 444 g/mol. The molecule has 2 heterocycles. The van der Waals surface area contributed by atoms with Gasteiger partial charge in [-0.1, -0.05) is 0 Å². The van der Waals surface area contributed by atoms with Crippen LogP contribution in [0.2, 0.25) is 0 Å². The number of sulfonamides is 1. The fraction of sp³-hybridized carbons (Fsp3) is 0.118. The van der Waals surface area contributed by atoms with Gasteiger partial charge < -0.3 is 4.98 Å². The molecule has 13 heteroatoms. The van der Waals surface area contributed by atoms with Gasteiger partial charge in [0.15, 0.2) is 11.6 Å². The van der Waals surface area contributed by atoms with Crippen molar-refractivity contribution in [3.8, 4) is 0 Å². The second kappa shape index (κ2) is 7.38. The zero-order chi connectivity index (χ0) is 22.3. The van der Waals surface area contributed by atoms with Crippen LogP contribution >= 0.6 is 0 Å². The van der Waals surface area contributed by atoms with Crippen LogP contribution < -0.4 is 4.72 Å². The number of pyridine rings is 1. The van der Waals surface area contributed by atoms with Crippen molar-refractivity contribution >= 4 is 38.2 Å². The number of benzene rings is 1. The molecule has 30 heavy (non-hydrogen) atoms. The number of anilines is 1. The predicted molar refractivity (Wildman–Crippen MR) is 95.6 cm³/mol. The summed E-state index contributed by atoms with van der Waals surface area (Å²) in [5.41, 5.74) is -2.28. The first-order valence-electron chi connectivity index (χ1n) is 7.86. The van der Waals surface area contributed by atoms with E-state index in [9.17, 15) is 35.2 Å². The number of hydrogen-bond donors (Lipinski definition) is 2. The van der Waals surface area contributed by atoms with Gasteiger partial charge in [0.2, 0.25) is 21.5 Å². The summed E-state index contributed by atoms with van der Waals surface area (Å²) in [6.07, 6.45) is -2.80. The first-order chi connectivity index (χ1) is 13.9. The maximum Gasteiger partial charge on any atom is 0.404 e. The zero-order valence-electron chi connectivity index (χ0n) is 14.5. The van der Waals surface area contributed by atoms with E-state index in [0.717, 1.165) is 6.20 Å².